The van der Waals surface area contributed by atoms with Gasteiger partial charge in [-0.15, -0.1) is 0 Å². The summed E-state index contributed by atoms with van der Waals surface area (Å²) >= 11 is 0. The Kier molecular flexibility index (Phi) is 3.32. The third-order valence-electron chi connectivity index (χ3n) is 2.71. The average Bonchev–Trinajstić information content (AvgIpc) is 2.75. The van der Waals surface area contributed by atoms with E-state index in [4.69, 9.17) is 10.5 Å². The summed E-state index contributed by atoms with van der Waals surface area (Å²) in [5.41, 5.74) is 8.57. The maximum atomic E-state index is 5.76. The second-order valence-electron chi connectivity index (χ2n) is 3.98. The van der Waals surface area contributed by atoms with Gasteiger partial charge in [-0.1, -0.05) is 0 Å². The summed E-state index contributed by atoms with van der Waals surface area (Å²) in [6.07, 6.45) is 3.64. The first-order valence-corrected chi connectivity index (χ1v) is 5.68. The molecule has 2 aromatic rings. The fraction of sp³-hybridized carbons (Fsp3) is 0.308. The molecule has 1 heterocycles. The van der Waals surface area contributed by atoms with E-state index in [1.165, 1.54) is 0 Å². The minimum atomic E-state index is 0.526. The predicted molar refractivity (Wildman–Crippen MR) is 67.8 cm³/mol. The van der Waals surface area contributed by atoms with Crippen molar-refractivity contribution in [3.8, 4) is 5.75 Å². The molecule has 4 heteroatoms. The van der Waals surface area contributed by atoms with Gasteiger partial charge in [-0.3, -0.25) is 0 Å². The van der Waals surface area contributed by atoms with Crippen LogP contribution in [0.15, 0.2) is 30.7 Å². The van der Waals surface area contributed by atoms with E-state index in [1.807, 2.05) is 37.6 Å². The third-order valence-corrected chi connectivity index (χ3v) is 2.71. The van der Waals surface area contributed by atoms with Crippen molar-refractivity contribution in [1.82, 2.24) is 9.55 Å². The molecule has 0 bridgehead atoms. The molecule has 2 N–H and O–H groups in total. The molecule has 0 aliphatic rings. The SMILES string of the molecule is CCn1cncc1COc1ccc(N)cc1C. The zero-order valence-electron chi connectivity index (χ0n) is 10.2. The fourth-order valence-corrected chi connectivity index (χ4v) is 1.74. The summed E-state index contributed by atoms with van der Waals surface area (Å²) < 4.78 is 7.82. The molecule has 0 atom stereocenters. The minimum absolute atomic E-state index is 0.526. The Morgan fingerprint density at radius 3 is 2.94 bits per heavy atom. The van der Waals surface area contributed by atoms with Gasteiger partial charge in [0.25, 0.3) is 0 Å². The molecule has 0 aliphatic heterocycles. The first kappa shape index (κ1) is 11.5. The molecule has 4 nitrogen and oxygen atoms in total. The molecule has 2 rings (SSSR count). The lowest BCUT2D eigenvalue weighted by Gasteiger charge is -2.10. The van der Waals surface area contributed by atoms with E-state index in [-0.39, 0.29) is 0 Å². The first-order chi connectivity index (χ1) is 8.20. The average molecular weight is 231 g/mol. The Bertz CT molecular complexity index is 505. The normalized spacial score (nSPS) is 10.5. The van der Waals surface area contributed by atoms with Crippen LogP contribution >= 0.6 is 0 Å². The Balaban J connectivity index is 2.07. The van der Waals surface area contributed by atoms with Crippen LogP contribution in [0.3, 0.4) is 0 Å². The van der Waals surface area contributed by atoms with Gasteiger partial charge in [0, 0.05) is 12.2 Å². The standard InChI is InChI=1S/C13H17N3O/c1-3-16-9-15-7-12(16)8-17-13-5-4-11(14)6-10(13)2/h4-7,9H,3,8,14H2,1-2H3. The molecular weight excluding hydrogens is 214 g/mol. The van der Waals surface area contributed by atoms with Crippen molar-refractivity contribution in [3.05, 3.63) is 42.0 Å². The molecule has 0 amide bonds. The van der Waals surface area contributed by atoms with Gasteiger partial charge in [-0.05, 0) is 37.6 Å². The summed E-state index contributed by atoms with van der Waals surface area (Å²) in [6, 6.07) is 5.66. The van der Waals surface area contributed by atoms with Gasteiger partial charge in [-0.2, -0.15) is 0 Å². The van der Waals surface area contributed by atoms with Crippen LogP contribution in [-0.4, -0.2) is 9.55 Å². The number of imidazole rings is 1. The zero-order valence-corrected chi connectivity index (χ0v) is 10.2. The molecule has 0 radical (unpaired) electrons. The molecule has 0 saturated heterocycles. The number of ether oxygens (including phenoxy) is 1. The van der Waals surface area contributed by atoms with Crippen LogP contribution in [-0.2, 0) is 13.2 Å². The summed E-state index contributed by atoms with van der Waals surface area (Å²) in [5.74, 6) is 0.864. The van der Waals surface area contributed by atoms with E-state index in [0.717, 1.165) is 29.2 Å². The number of nitrogens with zero attached hydrogens (tertiary/aromatic N) is 2. The number of aromatic nitrogens is 2. The van der Waals surface area contributed by atoms with Crippen LogP contribution in [0.1, 0.15) is 18.2 Å². The lowest BCUT2D eigenvalue weighted by atomic mass is 10.2. The van der Waals surface area contributed by atoms with Crippen LogP contribution in [0.2, 0.25) is 0 Å². The van der Waals surface area contributed by atoms with E-state index in [2.05, 4.69) is 16.5 Å². The molecule has 1 aromatic carbocycles. The Labute approximate surface area is 101 Å². The number of rotatable bonds is 4. The highest BCUT2D eigenvalue weighted by Gasteiger charge is 2.03. The Morgan fingerprint density at radius 2 is 2.24 bits per heavy atom. The highest BCUT2D eigenvalue weighted by molar-refractivity contribution is 5.47. The van der Waals surface area contributed by atoms with Crippen molar-refractivity contribution in [1.29, 1.82) is 0 Å². The topological polar surface area (TPSA) is 53.1 Å². The molecule has 90 valence electrons. The van der Waals surface area contributed by atoms with Gasteiger partial charge in [0.2, 0.25) is 0 Å². The molecule has 1 aromatic heterocycles. The third kappa shape index (κ3) is 2.58. The summed E-state index contributed by atoms with van der Waals surface area (Å²) in [7, 11) is 0. The molecule has 0 spiro atoms. The predicted octanol–water partition coefficient (Wildman–Crippen LogP) is 2.37. The van der Waals surface area contributed by atoms with Crippen molar-refractivity contribution >= 4 is 5.69 Å². The molecule has 0 saturated carbocycles. The smallest absolute Gasteiger partial charge is 0.130 e. The molecular formula is C13H17N3O. The quantitative estimate of drug-likeness (QED) is 0.822. The molecule has 0 fully saturated rings. The van der Waals surface area contributed by atoms with Crippen molar-refractivity contribution in [2.45, 2.75) is 27.0 Å². The fourth-order valence-electron chi connectivity index (χ4n) is 1.74. The van der Waals surface area contributed by atoms with Crippen LogP contribution in [0.25, 0.3) is 0 Å². The van der Waals surface area contributed by atoms with E-state index < -0.39 is 0 Å². The highest BCUT2D eigenvalue weighted by atomic mass is 16.5. The van der Waals surface area contributed by atoms with Crippen molar-refractivity contribution in [2.24, 2.45) is 0 Å². The first-order valence-electron chi connectivity index (χ1n) is 5.68. The summed E-state index contributed by atoms with van der Waals surface area (Å²) in [4.78, 5) is 4.10. The Morgan fingerprint density at radius 1 is 1.41 bits per heavy atom. The van der Waals surface area contributed by atoms with Gasteiger partial charge in [0.05, 0.1) is 18.2 Å². The second-order valence-corrected chi connectivity index (χ2v) is 3.98. The zero-order chi connectivity index (χ0) is 12.3. The number of benzene rings is 1. The van der Waals surface area contributed by atoms with Crippen LogP contribution in [0.5, 0.6) is 5.75 Å². The van der Waals surface area contributed by atoms with Gasteiger partial charge in [0.15, 0.2) is 0 Å². The number of aryl methyl sites for hydroxylation is 2. The van der Waals surface area contributed by atoms with Gasteiger partial charge in [0.1, 0.15) is 12.4 Å². The second kappa shape index (κ2) is 4.91. The summed E-state index contributed by atoms with van der Waals surface area (Å²) in [5, 5.41) is 0. The monoisotopic (exact) mass is 231 g/mol. The lowest BCUT2D eigenvalue weighted by molar-refractivity contribution is 0.293. The highest BCUT2D eigenvalue weighted by Crippen LogP contribution is 2.21. The minimum Gasteiger partial charge on any atom is -0.487 e. The molecule has 0 unspecified atom stereocenters. The lowest BCUT2D eigenvalue weighted by Crippen LogP contribution is -2.04. The maximum Gasteiger partial charge on any atom is 0.130 e. The molecule has 0 aliphatic carbocycles. The van der Waals surface area contributed by atoms with E-state index >= 15 is 0 Å². The van der Waals surface area contributed by atoms with Crippen molar-refractivity contribution in [2.75, 3.05) is 5.73 Å². The van der Waals surface area contributed by atoms with Gasteiger partial charge in [-0.25, -0.2) is 4.98 Å². The molecule has 17 heavy (non-hydrogen) atoms. The van der Waals surface area contributed by atoms with Crippen molar-refractivity contribution in [3.63, 3.8) is 0 Å². The van der Waals surface area contributed by atoms with E-state index in [1.54, 1.807) is 0 Å². The van der Waals surface area contributed by atoms with Gasteiger partial charge >= 0.3 is 0 Å². The number of hydrogen-bond donors (Lipinski definition) is 1. The Hall–Kier alpha value is -1.97. The number of hydrogen-bond acceptors (Lipinski definition) is 3. The van der Waals surface area contributed by atoms with Crippen molar-refractivity contribution < 1.29 is 4.74 Å². The van der Waals surface area contributed by atoms with Gasteiger partial charge < -0.3 is 15.0 Å². The number of anilines is 1. The number of nitrogens with two attached hydrogens (primary N) is 1. The van der Waals surface area contributed by atoms with E-state index in [0.29, 0.717) is 6.61 Å². The van der Waals surface area contributed by atoms with Crippen LogP contribution in [0.4, 0.5) is 5.69 Å². The number of nitrogen functional groups attached to an aromatic ring is 1. The summed E-state index contributed by atoms with van der Waals surface area (Å²) in [6.45, 7) is 5.50. The van der Waals surface area contributed by atoms with Crippen LogP contribution in [0, 0.1) is 6.92 Å². The van der Waals surface area contributed by atoms with Crippen LogP contribution < -0.4 is 10.5 Å². The largest absolute Gasteiger partial charge is 0.487 e. The van der Waals surface area contributed by atoms with E-state index in [9.17, 15) is 0 Å². The maximum absolute atomic E-state index is 5.76.